The van der Waals surface area contributed by atoms with E-state index in [4.69, 9.17) is 11.6 Å². The minimum Gasteiger partial charge on any atom is -0.309 e. The molecule has 1 heterocycles. The molecule has 0 radical (unpaired) electrons. The predicted octanol–water partition coefficient (Wildman–Crippen LogP) is 4.78. The lowest BCUT2D eigenvalue weighted by atomic mass is 10.0. The minimum absolute atomic E-state index is 0.152. The van der Waals surface area contributed by atoms with Crippen LogP contribution in [-0.2, 0) is 0 Å². The molecule has 1 aromatic heterocycles. The van der Waals surface area contributed by atoms with Gasteiger partial charge in [0.15, 0.2) is 0 Å². The van der Waals surface area contributed by atoms with Crippen molar-refractivity contribution in [2.45, 2.75) is 13.0 Å². The van der Waals surface area contributed by atoms with Crippen molar-refractivity contribution in [3.8, 4) is 0 Å². The molecule has 1 atom stereocenters. The second kappa shape index (κ2) is 5.53. The van der Waals surface area contributed by atoms with Gasteiger partial charge < -0.3 is 5.32 Å². The van der Waals surface area contributed by atoms with Crippen molar-refractivity contribution in [3.05, 3.63) is 55.1 Å². The average molecular weight is 331 g/mol. The van der Waals surface area contributed by atoms with E-state index in [2.05, 4.69) is 46.4 Å². The third kappa shape index (κ3) is 2.74. The van der Waals surface area contributed by atoms with Gasteiger partial charge in [0.25, 0.3) is 0 Å². The van der Waals surface area contributed by atoms with Crippen molar-refractivity contribution in [2.75, 3.05) is 7.05 Å². The lowest BCUT2D eigenvalue weighted by molar-refractivity contribution is 0.703. The second-order valence-electron chi connectivity index (χ2n) is 3.86. The Balaban J connectivity index is 2.42. The fourth-order valence-corrected chi connectivity index (χ4v) is 3.45. The van der Waals surface area contributed by atoms with Crippen molar-refractivity contribution < 1.29 is 0 Å². The predicted molar refractivity (Wildman–Crippen MR) is 79.1 cm³/mol. The van der Waals surface area contributed by atoms with Crippen LogP contribution in [0.5, 0.6) is 0 Å². The van der Waals surface area contributed by atoms with Gasteiger partial charge in [-0.3, -0.25) is 0 Å². The SMILES string of the molecule is CNC(c1ccc(C)c(Br)c1)c1sccc1Cl. The summed E-state index contributed by atoms with van der Waals surface area (Å²) in [6.45, 7) is 2.08. The van der Waals surface area contributed by atoms with Crippen molar-refractivity contribution in [1.29, 1.82) is 0 Å². The molecule has 0 saturated carbocycles. The number of aryl methyl sites for hydroxylation is 1. The van der Waals surface area contributed by atoms with E-state index in [0.717, 1.165) is 14.4 Å². The fourth-order valence-electron chi connectivity index (χ4n) is 1.75. The van der Waals surface area contributed by atoms with E-state index in [1.165, 1.54) is 11.1 Å². The van der Waals surface area contributed by atoms with E-state index >= 15 is 0 Å². The van der Waals surface area contributed by atoms with E-state index in [9.17, 15) is 0 Å². The molecule has 0 amide bonds. The maximum atomic E-state index is 6.19. The normalized spacial score (nSPS) is 12.7. The first kappa shape index (κ1) is 13.1. The quantitative estimate of drug-likeness (QED) is 0.854. The van der Waals surface area contributed by atoms with Crippen molar-refractivity contribution in [1.82, 2.24) is 5.32 Å². The molecule has 90 valence electrons. The summed E-state index contributed by atoms with van der Waals surface area (Å²) in [7, 11) is 1.95. The van der Waals surface area contributed by atoms with Crippen LogP contribution < -0.4 is 5.32 Å². The zero-order chi connectivity index (χ0) is 12.4. The standard InChI is InChI=1S/C13H13BrClNS/c1-8-3-4-9(7-10(8)14)12(16-2)13-11(15)5-6-17-13/h3-7,12,16H,1-2H3. The summed E-state index contributed by atoms with van der Waals surface area (Å²) in [6, 6.07) is 8.49. The Labute approximate surface area is 119 Å². The highest BCUT2D eigenvalue weighted by atomic mass is 79.9. The van der Waals surface area contributed by atoms with E-state index in [1.54, 1.807) is 11.3 Å². The molecule has 1 N–H and O–H groups in total. The molecular weight excluding hydrogens is 318 g/mol. The van der Waals surface area contributed by atoms with Crippen LogP contribution in [0.15, 0.2) is 34.1 Å². The van der Waals surface area contributed by atoms with Gasteiger partial charge in [0.05, 0.1) is 11.1 Å². The molecule has 0 saturated heterocycles. The lowest BCUT2D eigenvalue weighted by Crippen LogP contribution is -2.16. The van der Waals surface area contributed by atoms with Crippen molar-refractivity contribution in [3.63, 3.8) is 0 Å². The highest BCUT2D eigenvalue weighted by molar-refractivity contribution is 9.10. The van der Waals surface area contributed by atoms with E-state index in [0.29, 0.717) is 0 Å². The van der Waals surface area contributed by atoms with Gasteiger partial charge in [-0.1, -0.05) is 39.7 Å². The number of benzene rings is 1. The summed E-state index contributed by atoms with van der Waals surface area (Å²) in [5.74, 6) is 0. The van der Waals surface area contributed by atoms with Gasteiger partial charge in [-0.15, -0.1) is 11.3 Å². The van der Waals surface area contributed by atoms with E-state index in [-0.39, 0.29) is 6.04 Å². The van der Waals surface area contributed by atoms with Crippen molar-refractivity contribution >= 4 is 38.9 Å². The van der Waals surface area contributed by atoms with Gasteiger partial charge in [-0.25, -0.2) is 0 Å². The first-order chi connectivity index (χ1) is 8.13. The Morgan fingerprint density at radius 1 is 1.35 bits per heavy atom. The monoisotopic (exact) mass is 329 g/mol. The number of thiophene rings is 1. The molecule has 0 aliphatic heterocycles. The largest absolute Gasteiger partial charge is 0.309 e. The average Bonchev–Trinajstić information content (AvgIpc) is 2.71. The smallest absolute Gasteiger partial charge is 0.0684 e. The van der Waals surface area contributed by atoms with Gasteiger partial charge >= 0.3 is 0 Å². The van der Waals surface area contributed by atoms with Gasteiger partial charge in [0.2, 0.25) is 0 Å². The lowest BCUT2D eigenvalue weighted by Gasteiger charge is -2.16. The highest BCUT2D eigenvalue weighted by Crippen LogP contribution is 2.34. The second-order valence-corrected chi connectivity index (χ2v) is 6.07. The van der Waals surface area contributed by atoms with Crippen LogP contribution in [0.1, 0.15) is 22.0 Å². The Kier molecular flexibility index (Phi) is 4.26. The summed E-state index contributed by atoms with van der Waals surface area (Å²) in [4.78, 5) is 1.16. The molecule has 0 aliphatic rings. The topological polar surface area (TPSA) is 12.0 Å². The molecule has 0 fully saturated rings. The zero-order valence-electron chi connectivity index (χ0n) is 9.63. The minimum atomic E-state index is 0.152. The molecule has 2 aromatic rings. The maximum absolute atomic E-state index is 6.19. The van der Waals surface area contributed by atoms with Crippen LogP contribution in [0.4, 0.5) is 0 Å². The summed E-state index contributed by atoms with van der Waals surface area (Å²) in [5.41, 5.74) is 2.45. The number of hydrogen-bond donors (Lipinski definition) is 1. The third-order valence-electron chi connectivity index (χ3n) is 2.72. The summed E-state index contributed by atoms with van der Waals surface area (Å²) in [6.07, 6.45) is 0. The number of nitrogens with one attached hydrogen (secondary N) is 1. The maximum Gasteiger partial charge on any atom is 0.0684 e. The molecule has 0 bridgehead atoms. The first-order valence-electron chi connectivity index (χ1n) is 5.29. The molecule has 0 aliphatic carbocycles. The Hall–Kier alpha value is -0.350. The molecule has 4 heteroatoms. The Morgan fingerprint density at radius 2 is 2.12 bits per heavy atom. The molecule has 2 rings (SSSR count). The summed E-state index contributed by atoms with van der Waals surface area (Å²) >= 11 is 11.4. The number of halogens is 2. The highest BCUT2D eigenvalue weighted by Gasteiger charge is 2.16. The third-order valence-corrected chi connectivity index (χ3v) is 5.00. The van der Waals surface area contributed by atoms with Crippen LogP contribution in [0.25, 0.3) is 0 Å². The van der Waals surface area contributed by atoms with Gasteiger partial charge in [0, 0.05) is 9.35 Å². The molecule has 1 nitrogen and oxygen atoms in total. The van der Waals surface area contributed by atoms with Crippen LogP contribution in [0.3, 0.4) is 0 Å². The Morgan fingerprint density at radius 3 is 2.65 bits per heavy atom. The number of rotatable bonds is 3. The number of hydrogen-bond acceptors (Lipinski definition) is 2. The Bertz CT molecular complexity index is 524. The van der Waals surface area contributed by atoms with E-state index < -0.39 is 0 Å². The molecule has 17 heavy (non-hydrogen) atoms. The van der Waals surface area contributed by atoms with Gasteiger partial charge in [0.1, 0.15) is 0 Å². The van der Waals surface area contributed by atoms with Crippen LogP contribution in [-0.4, -0.2) is 7.05 Å². The zero-order valence-corrected chi connectivity index (χ0v) is 12.8. The van der Waals surface area contributed by atoms with Crippen molar-refractivity contribution in [2.24, 2.45) is 0 Å². The molecular formula is C13H13BrClNS. The van der Waals surface area contributed by atoms with Gasteiger partial charge in [-0.2, -0.15) is 0 Å². The van der Waals surface area contributed by atoms with Gasteiger partial charge in [-0.05, 0) is 42.6 Å². The van der Waals surface area contributed by atoms with Crippen LogP contribution in [0, 0.1) is 6.92 Å². The van der Waals surface area contributed by atoms with Crippen LogP contribution >= 0.6 is 38.9 Å². The molecule has 0 spiro atoms. The molecule has 1 aromatic carbocycles. The fraction of sp³-hybridized carbons (Fsp3) is 0.231. The van der Waals surface area contributed by atoms with Crippen LogP contribution in [0.2, 0.25) is 5.02 Å². The first-order valence-corrected chi connectivity index (χ1v) is 7.34. The summed E-state index contributed by atoms with van der Waals surface area (Å²) in [5, 5.41) is 6.16. The van der Waals surface area contributed by atoms with E-state index in [1.807, 2.05) is 18.5 Å². The molecule has 1 unspecified atom stereocenters. The summed E-state index contributed by atoms with van der Waals surface area (Å²) < 4.78 is 1.13.